The van der Waals surface area contributed by atoms with Crippen molar-refractivity contribution < 1.29 is 12.8 Å². The number of rotatable bonds is 3. The fourth-order valence-corrected chi connectivity index (χ4v) is 4.92. The summed E-state index contributed by atoms with van der Waals surface area (Å²) in [6, 6.07) is 2.27. The number of nitrogen functional groups attached to an aromatic ring is 1. The molecule has 4 nitrogen and oxygen atoms in total. The van der Waals surface area contributed by atoms with Crippen LogP contribution in [0.5, 0.6) is 0 Å². The standard InChI is InChI=1S/C13H18BrFN2O2S/c1-8(2)9-3-4-17(7-9)20(18,19)13-6-12(16)11(15)5-10(13)14/h5-6,8-9H,3-4,7,16H2,1-2H3. The van der Waals surface area contributed by atoms with Gasteiger partial charge in [0.25, 0.3) is 0 Å². The van der Waals surface area contributed by atoms with Gasteiger partial charge in [0.05, 0.1) is 10.6 Å². The van der Waals surface area contributed by atoms with E-state index in [-0.39, 0.29) is 15.1 Å². The first-order valence-corrected chi connectivity index (χ1v) is 8.71. The van der Waals surface area contributed by atoms with Crippen molar-refractivity contribution in [2.24, 2.45) is 11.8 Å². The van der Waals surface area contributed by atoms with Gasteiger partial charge in [-0.15, -0.1) is 0 Å². The minimum absolute atomic E-state index is 0.0285. The van der Waals surface area contributed by atoms with Gasteiger partial charge in [-0.3, -0.25) is 0 Å². The molecular weight excluding hydrogens is 347 g/mol. The molecule has 0 aliphatic carbocycles. The van der Waals surface area contributed by atoms with E-state index in [9.17, 15) is 12.8 Å². The summed E-state index contributed by atoms with van der Waals surface area (Å²) in [5, 5.41) is 0. The van der Waals surface area contributed by atoms with E-state index in [0.717, 1.165) is 12.5 Å². The first-order chi connectivity index (χ1) is 9.23. The van der Waals surface area contributed by atoms with E-state index in [1.807, 2.05) is 0 Å². The minimum atomic E-state index is -3.64. The maximum absolute atomic E-state index is 13.3. The van der Waals surface area contributed by atoms with Gasteiger partial charge in [-0.25, -0.2) is 12.8 Å². The lowest BCUT2D eigenvalue weighted by Gasteiger charge is -2.19. The van der Waals surface area contributed by atoms with Crippen LogP contribution in [0, 0.1) is 17.7 Å². The van der Waals surface area contributed by atoms with Crippen molar-refractivity contribution in [1.82, 2.24) is 4.31 Å². The fourth-order valence-electron chi connectivity index (χ4n) is 2.40. The van der Waals surface area contributed by atoms with Crippen molar-refractivity contribution in [3.8, 4) is 0 Å². The second-order valence-corrected chi connectivity index (χ2v) is 8.22. The first kappa shape index (κ1) is 15.7. The Kier molecular flexibility index (Phi) is 4.41. The van der Waals surface area contributed by atoms with Crippen molar-refractivity contribution in [2.75, 3.05) is 18.8 Å². The van der Waals surface area contributed by atoms with Crippen LogP contribution in [0.2, 0.25) is 0 Å². The molecule has 0 spiro atoms. The van der Waals surface area contributed by atoms with Crippen molar-refractivity contribution in [3.05, 3.63) is 22.4 Å². The number of hydrogen-bond acceptors (Lipinski definition) is 3. The predicted molar refractivity (Wildman–Crippen MR) is 80.2 cm³/mol. The lowest BCUT2D eigenvalue weighted by atomic mass is 9.96. The Morgan fingerprint density at radius 1 is 1.45 bits per heavy atom. The molecule has 0 saturated carbocycles. The van der Waals surface area contributed by atoms with Gasteiger partial charge < -0.3 is 5.73 Å². The highest BCUT2D eigenvalue weighted by molar-refractivity contribution is 9.10. The molecule has 7 heteroatoms. The molecular formula is C13H18BrFN2O2S. The minimum Gasteiger partial charge on any atom is -0.396 e. The highest BCUT2D eigenvalue weighted by atomic mass is 79.9. The predicted octanol–water partition coefficient (Wildman–Crippen LogP) is 2.84. The zero-order valence-corrected chi connectivity index (χ0v) is 13.8. The molecule has 1 aliphatic heterocycles. The van der Waals surface area contributed by atoms with E-state index in [0.29, 0.717) is 24.9 Å². The summed E-state index contributed by atoms with van der Waals surface area (Å²) in [5.41, 5.74) is 5.32. The number of anilines is 1. The SMILES string of the molecule is CC(C)C1CCN(S(=O)(=O)c2cc(N)c(F)cc2Br)C1. The second kappa shape index (κ2) is 5.61. The van der Waals surface area contributed by atoms with Crippen LogP contribution in [0.4, 0.5) is 10.1 Å². The van der Waals surface area contributed by atoms with Crippen molar-refractivity contribution in [3.63, 3.8) is 0 Å². The summed E-state index contributed by atoms with van der Waals surface area (Å²) in [4.78, 5) is 0.0285. The maximum Gasteiger partial charge on any atom is 0.244 e. The van der Waals surface area contributed by atoms with Crippen molar-refractivity contribution in [1.29, 1.82) is 0 Å². The Balaban J connectivity index is 2.35. The number of halogens is 2. The molecule has 20 heavy (non-hydrogen) atoms. The average molecular weight is 365 g/mol. The third-order valence-corrected chi connectivity index (χ3v) is 6.62. The molecule has 0 radical (unpaired) electrons. The number of benzene rings is 1. The molecule has 0 amide bonds. The number of hydrogen-bond donors (Lipinski definition) is 1. The molecule has 1 fully saturated rings. The molecule has 1 saturated heterocycles. The zero-order chi connectivity index (χ0) is 15.1. The molecule has 0 aromatic heterocycles. The molecule has 0 bridgehead atoms. The van der Waals surface area contributed by atoms with Gasteiger partial charge in [0.1, 0.15) is 5.82 Å². The summed E-state index contributed by atoms with van der Waals surface area (Å²) >= 11 is 3.11. The molecule has 1 heterocycles. The topological polar surface area (TPSA) is 63.4 Å². The first-order valence-electron chi connectivity index (χ1n) is 6.48. The Morgan fingerprint density at radius 3 is 2.65 bits per heavy atom. The second-order valence-electron chi connectivity index (χ2n) is 5.46. The monoisotopic (exact) mass is 364 g/mol. The highest BCUT2D eigenvalue weighted by Gasteiger charge is 2.35. The van der Waals surface area contributed by atoms with E-state index >= 15 is 0 Å². The number of sulfonamides is 1. The van der Waals surface area contributed by atoms with Gasteiger partial charge >= 0.3 is 0 Å². The molecule has 1 unspecified atom stereocenters. The van der Waals surface area contributed by atoms with Crippen LogP contribution in [0.15, 0.2) is 21.5 Å². The third-order valence-electron chi connectivity index (χ3n) is 3.80. The summed E-state index contributed by atoms with van der Waals surface area (Å²) in [6.45, 7) is 5.18. The third kappa shape index (κ3) is 2.84. The summed E-state index contributed by atoms with van der Waals surface area (Å²) in [5.74, 6) is 0.176. The lowest BCUT2D eigenvalue weighted by Crippen LogP contribution is -2.30. The number of nitrogens with two attached hydrogens (primary N) is 1. The Labute approximate surface area is 127 Å². The van der Waals surface area contributed by atoms with Crippen LogP contribution < -0.4 is 5.73 Å². The van der Waals surface area contributed by atoms with E-state index in [1.54, 1.807) is 0 Å². The van der Waals surface area contributed by atoms with Crippen LogP contribution in [0.1, 0.15) is 20.3 Å². The van der Waals surface area contributed by atoms with Gasteiger partial charge in [-0.1, -0.05) is 13.8 Å². The molecule has 2 rings (SSSR count). The van der Waals surface area contributed by atoms with Crippen molar-refractivity contribution in [2.45, 2.75) is 25.2 Å². The van der Waals surface area contributed by atoms with Crippen molar-refractivity contribution >= 4 is 31.6 Å². The maximum atomic E-state index is 13.3. The zero-order valence-electron chi connectivity index (χ0n) is 11.4. The molecule has 112 valence electrons. The smallest absolute Gasteiger partial charge is 0.244 e. The van der Waals surface area contributed by atoms with E-state index in [4.69, 9.17) is 5.73 Å². The van der Waals surface area contributed by atoms with Gasteiger partial charge in [-0.05, 0) is 46.3 Å². The van der Waals surface area contributed by atoms with E-state index in [1.165, 1.54) is 10.4 Å². The Morgan fingerprint density at radius 2 is 2.10 bits per heavy atom. The fraction of sp³-hybridized carbons (Fsp3) is 0.538. The molecule has 1 atom stereocenters. The normalized spacial score (nSPS) is 20.8. The molecule has 1 aliphatic rings. The van der Waals surface area contributed by atoms with Gasteiger partial charge in [0, 0.05) is 17.6 Å². The Hall–Kier alpha value is -0.660. The van der Waals surface area contributed by atoms with Crippen LogP contribution in [0.25, 0.3) is 0 Å². The summed E-state index contributed by atoms with van der Waals surface area (Å²) in [6.07, 6.45) is 0.852. The van der Waals surface area contributed by atoms with Crippen LogP contribution in [-0.4, -0.2) is 25.8 Å². The van der Waals surface area contributed by atoms with E-state index < -0.39 is 15.8 Å². The molecule has 2 N–H and O–H groups in total. The lowest BCUT2D eigenvalue weighted by molar-refractivity contribution is 0.388. The molecule has 1 aromatic rings. The van der Waals surface area contributed by atoms with E-state index in [2.05, 4.69) is 29.8 Å². The molecule has 1 aromatic carbocycles. The van der Waals surface area contributed by atoms with Crippen LogP contribution >= 0.6 is 15.9 Å². The summed E-state index contributed by atoms with van der Waals surface area (Å²) in [7, 11) is -3.64. The van der Waals surface area contributed by atoms with Gasteiger partial charge in [-0.2, -0.15) is 4.31 Å². The number of nitrogens with zero attached hydrogens (tertiary/aromatic N) is 1. The van der Waals surface area contributed by atoms with Crippen LogP contribution in [-0.2, 0) is 10.0 Å². The van der Waals surface area contributed by atoms with Gasteiger partial charge in [0.2, 0.25) is 10.0 Å². The largest absolute Gasteiger partial charge is 0.396 e. The van der Waals surface area contributed by atoms with Crippen LogP contribution in [0.3, 0.4) is 0 Å². The Bertz CT molecular complexity index is 619. The average Bonchev–Trinajstić information content (AvgIpc) is 2.83. The quantitative estimate of drug-likeness (QED) is 0.838. The van der Waals surface area contributed by atoms with Gasteiger partial charge in [0.15, 0.2) is 0 Å². The summed E-state index contributed by atoms with van der Waals surface area (Å²) < 4.78 is 40.2. The highest BCUT2D eigenvalue weighted by Crippen LogP contribution is 2.33.